The van der Waals surface area contributed by atoms with Crippen molar-refractivity contribution in [2.45, 2.75) is 19.8 Å². The SMILES string of the molecule is Cc1cc(C=Nc2cccc([N+](=O)[O-])c2)ccc1N1CCCC1. The minimum absolute atomic E-state index is 0.0558. The predicted molar refractivity (Wildman–Crippen MR) is 93.0 cm³/mol. The van der Waals surface area contributed by atoms with Crippen LogP contribution in [0.25, 0.3) is 0 Å². The molecule has 0 aliphatic carbocycles. The van der Waals surface area contributed by atoms with Crippen LogP contribution in [0.5, 0.6) is 0 Å². The Morgan fingerprint density at radius 2 is 1.96 bits per heavy atom. The fourth-order valence-corrected chi connectivity index (χ4v) is 2.91. The van der Waals surface area contributed by atoms with Crippen molar-refractivity contribution in [1.29, 1.82) is 0 Å². The van der Waals surface area contributed by atoms with E-state index in [9.17, 15) is 10.1 Å². The van der Waals surface area contributed by atoms with Gasteiger partial charge in [0.05, 0.1) is 10.6 Å². The van der Waals surface area contributed by atoms with E-state index in [2.05, 4.69) is 28.9 Å². The highest BCUT2D eigenvalue weighted by Gasteiger charge is 2.14. The molecule has 2 aromatic rings. The molecule has 0 atom stereocenters. The lowest BCUT2D eigenvalue weighted by molar-refractivity contribution is -0.384. The van der Waals surface area contributed by atoms with Gasteiger partial charge >= 0.3 is 0 Å². The van der Waals surface area contributed by atoms with Gasteiger partial charge in [0.1, 0.15) is 0 Å². The van der Waals surface area contributed by atoms with Gasteiger partial charge in [0.2, 0.25) is 0 Å². The van der Waals surface area contributed by atoms with Gasteiger partial charge in [-0.15, -0.1) is 0 Å². The van der Waals surface area contributed by atoms with Crippen LogP contribution in [0.2, 0.25) is 0 Å². The number of nitro benzene ring substituents is 1. The molecular weight excluding hydrogens is 290 g/mol. The molecule has 1 heterocycles. The molecule has 0 spiro atoms. The van der Waals surface area contributed by atoms with Gasteiger partial charge in [-0.3, -0.25) is 15.1 Å². The molecule has 0 bridgehead atoms. The van der Waals surface area contributed by atoms with Crippen molar-refractivity contribution >= 4 is 23.3 Å². The summed E-state index contributed by atoms with van der Waals surface area (Å²) in [5.74, 6) is 0. The zero-order valence-corrected chi connectivity index (χ0v) is 13.1. The maximum atomic E-state index is 10.8. The number of anilines is 1. The number of non-ortho nitro benzene ring substituents is 1. The summed E-state index contributed by atoms with van der Waals surface area (Å²) in [7, 11) is 0. The van der Waals surface area contributed by atoms with E-state index in [0.717, 1.165) is 18.7 Å². The summed E-state index contributed by atoms with van der Waals surface area (Å²) in [5.41, 5.74) is 4.16. The second-order valence-electron chi connectivity index (χ2n) is 5.78. The molecule has 2 aromatic carbocycles. The molecule has 1 aliphatic heterocycles. The fourth-order valence-electron chi connectivity index (χ4n) is 2.91. The summed E-state index contributed by atoms with van der Waals surface area (Å²) in [6.45, 7) is 4.36. The smallest absolute Gasteiger partial charge is 0.271 e. The van der Waals surface area contributed by atoms with Crippen molar-refractivity contribution in [2.75, 3.05) is 18.0 Å². The highest BCUT2D eigenvalue weighted by molar-refractivity contribution is 5.83. The minimum atomic E-state index is -0.409. The van der Waals surface area contributed by atoms with Gasteiger partial charge in [-0.25, -0.2) is 0 Å². The molecular formula is C18H19N3O2. The Labute approximate surface area is 135 Å². The van der Waals surface area contributed by atoms with E-state index in [1.54, 1.807) is 18.3 Å². The molecule has 118 valence electrons. The van der Waals surface area contributed by atoms with Crippen LogP contribution in [0.15, 0.2) is 47.5 Å². The van der Waals surface area contributed by atoms with Crippen molar-refractivity contribution in [2.24, 2.45) is 4.99 Å². The first-order valence-electron chi connectivity index (χ1n) is 7.77. The maximum Gasteiger partial charge on any atom is 0.271 e. The Bertz CT molecular complexity index is 750. The normalized spacial score (nSPS) is 14.6. The monoisotopic (exact) mass is 309 g/mol. The van der Waals surface area contributed by atoms with Gasteiger partial charge in [-0.05, 0) is 49.1 Å². The number of nitro groups is 1. The predicted octanol–water partition coefficient (Wildman–Crippen LogP) is 4.25. The molecule has 0 radical (unpaired) electrons. The molecule has 0 unspecified atom stereocenters. The molecule has 23 heavy (non-hydrogen) atoms. The van der Waals surface area contributed by atoms with Crippen molar-refractivity contribution in [3.05, 3.63) is 63.7 Å². The number of nitrogens with zero attached hydrogens (tertiary/aromatic N) is 3. The van der Waals surface area contributed by atoms with Crippen molar-refractivity contribution in [1.82, 2.24) is 0 Å². The Kier molecular flexibility index (Phi) is 4.37. The zero-order valence-electron chi connectivity index (χ0n) is 13.1. The topological polar surface area (TPSA) is 58.7 Å². The van der Waals surface area contributed by atoms with Gasteiger partial charge in [0, 0.05) is 37.1 Å². The van der Waals surface area contributed by atoms with E-state index in [1.807, 2.05) is 6.07 Å². The van der Waals surface area contributed by atoms with Crippen molar-refractivity contribution in [3.63, 3.8) is 0 Å². The second kappa shape index (κ2) is 6.60. The Morgan fingerprint density at radius 3 is 2.65 bits per heavy atom. The molecule has 0 N–H and O–H groups in total. The first-order valence-corrected chi connectivity index (χ1v) is 7.77. The van der Waals surface area contributed by atoms with Crippen LogP contribution in [0.1, 0.15) is 24.0 Å². The van der Waals surface area contributed by atoms with Crippen LogP contribution in [0.4, 0.5) is 17.1 Å². The summed E-state index contributed by atoms with van der Waals surface area (Å²) < 4.78 is 0. The molecule has 1 fully saturated rings. The van der Waals surface area contributed by atoms with Gasteiger partial charge in [-0.1, -0.05) is 12.1 Å². The summed E-state index contributed by atoms with van der Waals surface area (Å²) in [6.07, 6.45) is 4.27. The first kappa shape index (κ1) is 15.2. The van der Waals surface area contributed by atoms with E-state index >= 15 is 0 Å². The average molecular weight is 309 g/mol. The summed E-state index contributed by atoms with van der Waals surface area (Å²) in [6, 6.07) is 12.6. The van der Waals surface area contributed by atoms with Crippen LogP contribution in [-0.2, 0) is 0 Å². The van der Waals surface area contributed by atoms with Crippen LogP contribution >= 0.6 is 0 Å². The standard InChI is InChI=1S/C18H19N3O2/c1-14-11-15(7-8-18(14)20-9-2-3-10-20)13-19-16-5-4-6-17(12-16)21(22)23/h4-8,11-13H,2-3,9-10H2,1H3. The number of rotatable bonds is 4. The lowest BCUT2D eigenvalue weighted by Gasteiger charge is -2.20. The van der Waals surface area contributed by atoms with Crippen LogP contribution in [0.3, 0.4) is 0 Å². The Hall–Kier alpha value is -2.69. The largest absolute Gasteiger partial charge is 0.371 e. The summed E-state index contributed by atoms with van der Waals surface area (Å²) in [4.78, 5) is 17.1. The van der Waals surface area contributed by atoms with E-state index in [0.29, 0.717) is 5.69 Å². The third-order valence-corrected chi connectivity index (χ3v) is 4.07. The number of benzene rings is 2. The highest BCUT2D eigenvalue weighted by atomic mass is 16.6. The molecule has 0 aromatic heterocycles. The third-order valence-electron chi connectivity index (χ3n) is 4.07. The number of aliphatic imine (C=N–C) groups is 1. The molecule has 5 nitrogen and oxygen atoms in total. The van der Waals surface area contributed by atoms with Crippen molar-refractivity contribution in [3.8, 4) is 0 Å². The summed E-state index contributed by atoms with van der Waals surface area (Å²) >= 11 is 0. The molecule has 1 aliphatic rings. The fraction of sp³-hybridized carbons (Fsp3) is 0.278. The Morgan fingerprint density at radius 1 is 1.17 bits per heavy atom. The van der Waals surface area contributed by atoms with Gasteiger partial charge in [0.25, 0.3) is 5.69 Å². The first-order chi connectivity index (χ1) is 11.1. The van der Waals surface area contributed by atoms with Gasteiger partial charge in [-0.2, -0.15) is 0 Å². The minimum Gasteiger partial charge on any atom is -0.371 e. The van der Waals surface area contributed by atoms with E-state index in [-0.39, 0.29) is 5.69 Å². The zero-order chi connectivity index (χ0) is 16.2. The molecule has 0 amide bonds. The summed E-state index contributed by atoms with van der Waals surface area (Å²) in [5, 5.41) is 10.8. The number of hydrogen-bond donors (Lipinski definition) is 0. The van der Waals surface area contributed by atoms with E-state index in [1.165, 1.54) is 36.2 Å². The molecule has 0 saturated carbocycles. The molecule has 1 saturated heterocycles. The third kappa shape index (κ3) is 3.56. The average Bonchev–Trinajstić information content (AvgIpc) is 3.07. The quantitative estimate of drug-likeness (QED) is 0.482. The van der Waals surface area contributed by atoms with Gasteiger partial charge < -0.3 is 4.90 Å². The van der Waals surface area contributed by atoms with E-state index in [4.69, 9.17) is 0 Å². The van der Waals surface area contributed by atoms with Crippen LogP contribution < -0.4 is 4.90 Å². The highest BCUT2D eigenvalue weighted by Crippen LogP contribution is 2.25. The van der Waals surface area contributed by atoms with E-state index < -0.39 is 4.92 Å². The van der Waals surface area contributed by atoms with Crippen LogP contribution in [0, 0.1) is 17.0 Å². The lowest BCUT2D eigenvalue weighted by atomic mass is 10.1. The second-order valence-corrected chi connectivity index (χ2v) is 5.78. The lowest BCUT2D eigenvalue weighted by Crippen LogP contribution is -2.18. The number of hydrogen-bond acceptors (Lipinski definition) is 4. The molecule has 5 heteroatoms. The van der Waals surface area contributed by atoms with Crippen LogP contribution in [-0.4, -0.2) is 24.2 Å². The Balaban J connectivity index is 1.78. The molecule has 3 rings (SSSR count). The maximum absolute atomic E-state index is 10.8. The number of aryl methyl sites for hydroxylation is 1. The van der Waals surface area contributed by atoms with Crippen molar-refractivity contribution < 1.29 is 4.92 Å². The van der Waals surface area contributed by atoms with Gasteiger partial charge in [0.15, 0.2) is 0 Å².